The van der Waals surface area contributed by atoms with Crippen LogP contribution in [0.1, 0.15) is 0 Å². The number of benzene rings is 3. The molecular formula is C22H15ClN6OS. The molecule has 0 saturated carbocycles. The van der Waals surface area contributed by atoms with Crippen LogP contribution in [0, 0.1) is 0 Å². The molecule has 0 aliphatic carbocycles. The van der Waals surface area contributed by atoms with Gasteiger partial charge in [-0.3, -0.25) is 9.36 Å². The van der Waals surface area contributed by atoms with Gasteiger partial charge in [0.2, 0.25) is 0 Å². The molecular weight excluding hydrogens is 432 g/mol. The Balaban J connectivity index is 1.53. The quantitative estimate of drug-likeness (QED) is 0.371. The number of aromatic nitrogens is 6. The molecule has 0 saturated heterocycles. The van der Waals surface area contributed by atoms with E-state index in [2.05, 4.69) is 20.5 Å². The molecule has 152 valence electrons. The lowest BCUT2D eigenvalue weighted by Crippen LogP contribution is -2.23. The van der Waals surface area contributed by atoms with E-state index in [9.17, 15) is 4.79 Å². The zero-order valence-corrected chi connectivity index (χ0v) is 17.7. The Bertz CT molecular complexity index is 1420. The van der Waals surface area contributed by atoms with Gasteiger partial charge in [-0.2, -0.15) is 4.68 Å². The summed E-state index contributed by atoms with van der Waals surface area (Å²) in [5.41, 5.74) is 2.18. The third-order valence-corrected chi connectivity index (χ3v) is 5.84. The number of hydrogen-bond donors (Lipinski definition) is 0. The second-order valence-electron chi connectivity index (χ2n) is 6.67. The third kappa shape index (κ3) is 3.83. The minimum absolute atomic E-state index is 0.193. The van der Waals surface area contributed by atoms with E-state index in [0.717, 1.165) is 11.3 Å². The average molecular weight is 447 g/mol. The number of fused-ring (bicyclic) bond motifs is 1. The average Bonchev–Trinajstić information content (AvgIpc) is 3.24. The van der Waals surface area contributed by atoms with Gasteiger partial charge in [0.1, 0.15) is 5.52 Å². The zero-order chi connectivity index (χ0) is 21.2. The van der Waals surface area contributed by atoms with Gasteiger partial charge in [0.25, 0.3) is 5.56 Å². The molecule has 0 radical (unpaired) electrons. The largest absolute Gasteiger partial charge is 0.278 e. The Hall–Kier alpha value is -3.49. The highest BCUT2D eigenvalue weighted by Gasteiger charge is 2.17. The van der Waals surface area contributed by atoms with E-state index in [4.69, 9.17) is 11.6 Å². The molecule has 2 heterocycles. The van der Waals surface area contributed by atoms with Gasteiger partial charge in [-0.15, -0.1) is 15.3 Å². The molecule has 0 atom stereocenters. The first-order valence-corrected chi connectivity index (χ1v) is 10.8. The van der Waals surface area contributed by atoms with Crippen LogP contribution in [0.4, 0.5) is 0 Å². The minimum atomic E-state index is -0.193. The molecule has 0 fully saturated rings. The van der Waals surface area contributed by atoms with Gasteiger partial charge in [-0.25, -0.2) is 0 Å². The fourth-order valence-corrected chi connectivity index (χ4v) is 4.14. The minimum Gasteiger partial charge on any atom is -0.270 e. The van der Waals surface area contributed by atoms with Gasteiger partial charge in [-0.1, -0.05) is 58.9 Å². The topological polar surface area (TPSA) is 78.5 Å². The SMILES string of the molecule is O=c1c2ccccc2nnn1CSc1nnc(-c2ccc(Cl)cc2)n1-c1ccccc1. The molecule has 0 aliphatic heterocycles. The molecule has 7 nitrogen and oxygen atoms in total. The predicted octanol–water partition coefficient (Wildman–Crippen LogP) is 4.44. The van der Waals surface area contributed by atoms with Gasteiger partial charge < -0.3 is 0 Å². The molecule has 2 aromatic heterocycles. The van der Waals surface area contributed by atoms with Crippen LogP contribution in [-0.4, -0.2) is 29.8 Å². The Morgan fingerprint density at radius 1 is 0.839 bits per heavy atom. The summed E-state index contributed by atoms with van der Waals surface area (Å²) in [5, 5.41) is 18.8. The molecule has 0 aliphatic rings. The maximum atomic E-state index is 12.8. The van der Waals surface area contributed by atoms with Crippen LogP contribution in [0.3, 0.4) is 0 Å². The van der Waals surface area contributed by atoms with Gasteiger partial charge in [0.05, 0.1) is 11.3 Å². The van der Waals surface area contributed by atoms with E-state index in [-0.39, 0.29) is 11.4 Å². The van der Waals surface area contributed by atoms with Crippen molar-refractivity contribution in [2.24, 2.45) is 0 Å². The number of para-hydroxylation sites is 1. The lowest BCUT2D eigenvalue weighted by atomic mass is 10.2. The molecule has 31 heavy (non-hydrogen) atoms. The van der Waals surface area contributed by atoms with E-state index >= 15 is 0 Å². The first-order valence-electron chi connectivity index (χ1n) is 9.43. The van der Waals surface area contributed by atoms with E-state index < -0.39 is 0 Å². The number of nitrogens with zero attached hydrogens (tertiary/aromatic N) is 6. The third-order valence-electron chi connectivity index (χ3n) is 4.70. The monoisotopic (exact) mass is 446 g/mol. The summed E-state index contributed by atoms with van der Waals surface area (Å²) < 4.78 is 3.28. The Labute approximate surface area is 186 Å². The lowest BCUT2D eigenvalue weighted by molar-refractivity contribution is 0.643. The van der Waals surface area contributed by atoms with Crippen LogP contribution >= 0.6 is 23.4 Å². The zero-order valence-electron chi connectivity index (χ0n) is 16.1. The van der Waals surface area contributed by atoms with E-state index in [1.165, 1.54) is 16.4 Å². The van der Waals surface area contributed by atoms with Crippen LogP contribution in [-0.2, 0) is 5.88 Å². The standard InChI is InChI=1S/C22H15ClN6OS/c23-16-12-10-15(11-13-16)20-25-26-22(29(20)17-6-2-1-3-7-17)31-14-28-21(30)18-8-4-5-9-19(18)24-27-28/h1-13H,14H2. The van der Waals surface area contributed by atoms with Crippen molar-refractivity contribution in [3.63, 3.8) is 0 Å². The summed E-state index contributed by atoms with van der Waals surface area (Å²) in [5.74, 6) is 0.935. The second-order valence-corrected chi connectivity index (χ2v) is 8.02. The molecule has 5 aromatic rings. The summed E-state index contributed by atoms with van der Waals surface area (Å²) >= 11 is 7.40. The summed E-state index contributed by atoms with van der Waals surface area (Å²) in [7, 11) is 0. The summed E-state index contributed by atoms with van der Waals surface area (Å²) in [6.45, 7) is 0. The summed E-state index contributed by atoms with van der Waals surface area (Å²) in [6, 6.07) is 24.4. The fourth-order valence-electron chi connectivity index (χ4n) is 3.19. The highest BCUT2D eigenvalue weighted by molar-refractivity contribution is 7.98. The van der Waals surface area contributed by atoms with Gasteiger partial charge in [0, 0.05) is 16.3 Å². The van der Waals surface area contributed by atoms with Crippen molar-refractivity contribution in [1.82, 2.24) is 29.8 Å². The maximum absolute atomic E-state index is 12.8. The number of halogens is 1. The summed E-state index contributed by atoms with van der Waals surface area (Å²) in [6.07, 6.45) is 0. The Kier molecular flexibility index (Phi) is 5.23. The van der Waals surface area contributed by atoms with Crippen molar-refractivity contribution >= 4 is 34.3 Å². The highest BCUT2D eigenvalue weighted by Crippen LogP contribution is 2.29. The van der Waals surface area contributed by atoms with Crippen molar-refractivity contribution in [3.8, 4) is 17.1 Å². The van der Waals surface area contributed by atoms with Crippen molar-refractivity contribution in [3.05, 3.63) is 94.2 Å². The van der Waals surface area contributed by atoms with Crippen LogP contribution in [0.25, 0.3) is 28.0 Å². The maximum Gasteiger partial charge on any atom is 0.278 e. The highest BCUT2D eigenvalue weighted by atomic mass is 35.5. The Morgan fingerprint density at radius 2 is 1.58 bits per heavy atom. The van der Waals surface area contributed by atoms with Crippen molar-refractivity contribution in [2.75, 3.05) is 0 Å². The van der Waals surface area contributed by atoms with Crippen LogP contribution < -0.4 is 5.56 Å². The fraction of sp³-hybridized carbons (Fsp3) is 0.0455. The molecule has 5 rings (SSSR count). The first-order chi connectivity index (χ1) is 15.2. The number of hydrogen-bond acceptors (Lipinski definition) is 6. The molecule has 0 unspecified atom stereocenters. The van der Waals surface area contributed by atoms with Gasteiger partial charge in [0.15, 0.2) is 11.0 Å². The van der Waals surface area contributed by atoms with E-state index in [1.807, 2.05) is 71.3 Å². The van der Waals surface area contributed by atoms with Crippen molar-refractivity contribution in [1.29, 1.82) is 0 Å². The molecule has 0 amide bonds. The van der Waals surface area contributed by atoms with Crippen molar-refractivity contribution in [2.45, 2.75) is 11.0 Å². The normalized spacial score (nSPS) is 11.1. The Morgan fingerprint density at radius 3 is 2.39 bits per heavy atom. The molecule has 9 heteroatoms. The van der Waals surface area contributed by atoms with Crippen LogP contribution in [0.5, 0.6) is 0 Å². The van der Waals surface area contributed by atoms with Crippen LogP contribution in [0.2, 0.25) is 5.02 Å². The number of rotatable bonds is 5. The molecule has 0 N–H and O–H groups in total. The van der Waals surface area contributed by atoms with Gasteiger partial charge >= 0.3 is 0 Å². The van der Waals surface area contributed by atoms with E-state index in [1.54, 1.807) is 12.1 Å². The smallest absolute Gasteiger partial charge is 0.270 e. The first kappa shape index (κ1) is 19.5. The second kappa shape index (κ2) is 8.33. The lowest BCUT2D eigenvalue weighted by Gasteiger charge is -2.10. The van der Waals surface area contributed by atoms with Crippen LogP contribution in [0.15, 0.2) is 88.8 Å². The number of thioether (sulfide) groups is 1. The summed E-state index contributed by atoms with van der Waals surface area (Å²) in [4.78, 5) is 12.8. The van der Waals surface area contributed by atoms with Crippen molar-refractivity contribution < 1.29 is 0 Å². The van der Waals surface area contributed by atoms with E-state index in [0.29, 0.717) is 26.9 Å². The molecule has 0 bridgehead atoms. The predicted molar refractivity (Wildman–Crippen MR) is 121 cm³/mol. The molecule has 0 spiro atoms. The molecule has 3 aromatic carbocycles. The van der Waals surface area contributed by atoms with Gasteiger partial charge in [-0.05, 0) is 48.5 Å².